The Morgan fingerprint density at radius 2 is 1.81 bits per heavy atom. The number of carbonyl (C=O) groups is 1. The largest absolute Gasteiger partial charge is 0.508 e. The summed E-state index contributed by atoms with van der Waals surface area (Å²) in [6, 6.07) is 21.6. The Labute approximate surface area is 157 Å². The van der Waals surface area contributed by atoms with Crippen LogP contribution in [0.5, 0.6) is 11.5 Å². The highest BCUT2D eigenvalue weighted by atomic mass is 16.5. The van der Waals surface area contributed by atoms with Gasteiger partial charge in [0.15, 0.2) is 0 Å². The molecule has 3 rings (SSSR count). The van der Waals surface area contributed by atoms with Crippen molar-refractivity contribution in [3.8, 4) is 11.5 Å². The lowest BCUT2D eigenvalue weighted by atomic mass is 10.2. The number of hydrazone groups is 1. The number of amides is 1. The minimum absolute atomic E-state index is 0.145. The highest BCUT2D eigenvalue weighted by Crippen LogP contribution is 2.15. The number of hydrogen-bond acceptors (Lipinski definition) is 4. The van der Waals surface area contributed by atoms with E-state index in [0.717, 1.165) is 5.56 Å². The zero-order chi connectivity index (χ0) is 19.1. The van der Waals surface area contributed by atoms with Gasteiger partial charge in [-0.25, -0.2) is 5.43 Å². The third-order valence-corrected chi connectivity index (χ3v) is 3.89. The first-order valence-electron chi connectivity index (χ1n) is 8.51. The SMILES string of the molecule is Cc1ccc(COc2ccc(C(=O)NN=Cc3cccc(O)c3)cc2)cc1. The maximum absolute atomic E-state index is 12.1. The van der Waals surface area contributed by atoms with Gasteiger partial charge in [0.25, 0.3) is 5.91 Å². The summed E-state index contributed by atoms with van der Waals surface area (Å²) in [5.74, 6) is 0.512. The summed E-state index contributed by atoms with van der Waals surface area (Å²) in [5, 5.41) is 13.3. The molecular formula is C22H20N2O3. The summed E-state index contributed by atoms with van der Waals surface area (Å²) >= 11 is 0. The lowest BCUT2D eigenvalue weighted by Crippen LogP contribution is -2.17. The molecule has 0 bridgehead atoms. The van der Waals surface area contributed by atoms with E-state index in [1.165, 1.54) is 11.8 Å². The molecule has 3 aromatic rings. The molecule has 0 aliphatic rings. The average molecular weight is 360 g/mol. The molecule has 3 aromatic carbocycles. The first-order valence-corrected chi connectivity index (χ1v) is 8.51. The molecule has 0 unspecified atom stereocenters. The zero-order valence-corrected chi connectivity index (χ0v) is 14.9. The van der Waals surface area contributed by atoms with Crippen molar-refractivity contribution in [1.82, 2.24) is 5.43 Å². The van der Waals surface area contributed by atoms with Crippen LogP contribution in [0.3, 0.4) is 0 Å². The van der Waals surface area contributed by atoms with Crippen LogP contribution in [0.15, 0.2) is 77.9 Å². The Bertz CT molecular complexity index is 933. The third-order valence-electron chi connectivity index (χ3n) is 3.89. The predicted octanol–water partition coefficient (Wildman–Crippen LogP) is 4.04. The molecule has 0 heterocycles. The Morgan fingerprint density at radius 1 is 1.07 bits per heavy atom. The maximum Gasteiger partial charge on any atom is 0.271 e. The second-order valence-corrected chi connectivity index (χ2v) is 6.09. The Morgan fingerprint density at radius 3 is 2.52 bits per heavy atom. The lowest BCUT2D eigenvalue weighted by molar-refractivity contribution is 0.0955. The van der Waals surface area contributed by atoms with E-state index in [1.54, 1.807) is 48.5 Å². The predicted molar refractivity (Wildman–Crippen MR) is 105 cm³/mol. The molecule has 0 saturated heterocycles. The van der Waals surface area contributed by atoms with Crippen LogP contribution in [0.1, 0.15) is 27.0 Å². The molecule has 1 amide bonds. The fraction of sp³-hybridized carbons (Fsp3) is 0.0909. The minimum atomic E-state index is -0.323. The number of aryl methyl sites for hydroxylation is 1. The number of carbonyl (C=O) groups excluding carboxylic acids is 1. The van der Waals surface area contributed by atoms with Crippen molar-refractivity contribution in [3.05, 3.63) is 95.1 Å². The molecule has 0 atom stereocenters. The fourth-order valence-electron chi connectivity index (χ4n) is 2.39. The summed E-state index contributed by atoms with van der Waals surface area (Å²) in [7, 11) is 0. The van der Waals surface area contributed by atoms with E-state index in [2.05, 4.69) is 10.5 Å². The van der Waals surface area contributed by atoms with Crippen molar-refractivity contribution >= 4 is 12.1 Å². The lowest BCUT2D eigenvalue weighted by Gasteiger charge is -2.07. The molecule has 5 nitrogen and oxygen atoms in total. The normalized spacial score (nSPS) is 10.7. The number of nitrogens with zero attached hydrogens (tertiary/aromatic N) is 1. The number of ether oxygens (including phenoxy) is 1. The average Bonchev–Trinajstić information content (AvgIpc) is 2.68. The van der Waals surface area contributed by atoms with Crippen LogP contribution >= 0.6 is 0 Å². The van der Waals surface area contributed by atoms with Crippen LogP contribution < -0.4 is 10.2 Å². The van der Waals surface area contributed by atoms with Gasteiger partial charge in [-0.05, 0) is 54.4 Å². The Hall–Kier alpha value is -3.60. The van der Waals surface area contributed by atoms with E-state index in [1.807, 2.05) is 31.2 Å². The maximum atomic E-state index is 12.1. The smallest absolute Gasteiger partial charge is 0.271 e. The van der Waals surface area contributed by atoms with Crippen LogP contribution in [0.2, 0.25) is 0 Å². The highest BCUT2D eigenvalue weighted by Gasteiger charge is 2.04. The van der Waals surface area contributed by atoms with E-state index < -0.39 is 0 Å². The van der Waals surface area contributed by atoms with Gasteiger partial charge in [0.1, 0.15) is 18.1 Å². The number of hydrogen-bond donors (Lipinski definition) is 2. The Balaban J connectivity index is 1.53. The molecule has 2 N–H and O–H groups in total. The number of benzene rings is 3. The van der Waals surface area contributed by atoms with E-state index in [4.69, 9.17) is 4.74 Å². The summed E-state index contributed by atoms with van der Waals surface area (Å²) in [4.78, 5) is 12.1. The Kier molecular flexibility index (Phi) is 5.84. The summed E-state index contributed by atoms with van der Waals surface area (Å²) in [6.07, 6.45) is 1.47. The summed E-state index contributed by atoms with van der Waals surface area (Å²) in [6.45, 7) is 2.52. The third kappa shape index (κ3) is 5.44. The first-order chi connectivity index (χ1) is 13.1. The molecule has 0 spiro atoms. The van der Waals surface area contributed by atoms with E-state index in [-0.39, 0.29) is 11.7 Å². The fourth-order valence-corrected chi connectivity index (χ4v) is 2.39. The van der Waals surface area contributed by atoms with Gasteiger partial charge in [-0.2, -0.15) is 5.10 Å². The van der Waals surface area contributed by atoms with Crippen LogP contribution in [0.4, 0.5) is 0 Å². The minimum Gasteiger partial charge on any atom is -0.508 e. The van der Waals surface area contributed by atoms with E-state index >= 15 is 0 Å². The molecule has 0 fully saturated rings. The molecular weight excluding hydrogens is 340 g/mol. The zero-order valence-electron chi connectivity index (χ0n) is 14.9. The first kappa shape index (κ1) is 18.2. The standard InChI is InChI=1S/C22H20N2O3/c1-16-5-7-17(8-6-16)15-27-21-11-9-19(10-12-21)22(26)24-23-14-18-3-2-4-20(25)13-18/h2-14,25H,15H2,1H3,(H,24,26). The molecule has 136 valence electrons. The van der Waals surface area contributed by atoms with Gasteiger partial charge in [-0.1, -0.05) is 42.0 Å². The molecule has 0 radical (unpaired) electrons. The van der Waals surface area contributed by atoms with Crippen LogP contribution in [-0.2, 0) is 6.61 Å². The van der Waals surface area contributed by atoms with Gasteiger partial charge < -0.3 is 9.84 Å². The van der Waals surface area contributed by atoms with Gasteiger partial charge in [0, 0.05) is 5.56 Å². The van der Waals surface area contributed by atoms with Gasteiger partial charge in [-0.15, -0.1) is 0 Å². The van der Waals surface area contributed by atoms with Crippen LogP contribution in [-0.4, -0.2) is 17.2 Å². The van der Waals surface area contributed by atoms with E-state index in [0.29, 0.717) is 23.5 Å². The number of phenols is 1. The van der Waals surface area contributed by atoms with Crippen molar-refractivity contribution in [2.75, 3.05) is 0 Å². The number of rotatable bonds is 6. The van der Waals surface area contributed by atoms with Crippen LogP contribution in [0, 0.1) is 6.92 Å². The molecule has 0 aliphatic carbocycles. The van der Waals surface area contributed by atoms with Crippen molar-refractivity contribution in [2.24, 2.45) is 5.10 Å². The van der Waals surface area contributed by atoms with Gasteiger partial charge >= 0.3 is 0 Å². The number of phenolic OH excluding ortho intramolecular Hbond substituents is 1. The molecule has 27 heavy (non-hydrogen) atoms. The second kappa shape index (κ2) is 8.67. The van der Waals surface area contributed by atoms with Gasteiger partial charge in [0.05, 0.1) is 6.21 Å². The molecule has 0 aliphatic heterocycles. The van der Waals surface area contributed by atoms with Crippen molar-refractivity contribution < 1.29 is 14.6 Å². The van der Waals surface area contributed by atoms with Crippen molar-refractivity contribution in [1.29, 1.82) is 0 Å². The van der Waals surface area contributed by atoms with E-state index in [9.17, 15) is 9.90 Å². The topological polar surface area (TPSA) is 70.9 Å². The highest BCUT2D eigenvalue weighted by molar-refractivity contribution is 5.95. The monoisotopic (exact) mass is 360 g/mol. The summed E-state index contributed by atoms with van der Waals surface area (Å²) < 4.78 is 5.73. The molecule has 0 saturated carbocycles. The van der Waals surface area contributed by atoms with Gasteiger partial charge in [0.2, 0.25) is 0 Å². The number of nitrogens with one attached hydrogen (secondary N) is 1. The van der Waals surface area contributed by atoms with Gasteiger partial charge in [-0.3, -0.25) is 4.79 Å². The quantitative estimate of drug-likeness (QED) is 0.515. The summed E-state index contributed by atoms with van der Waals surface area (Å²) in [5.41, 5.74) is 5.92. The number of aromatic hydroxyl groups is 1. The molecule has 0 aromatic heterocycles. The van der Waals surface area contributed by atoms with Crippen LogP contribution in [0.25, 0.3) is 0 Å². The van der Waals surface area contributed by atoms with Crippen molar-refractivity contribution in [2.45, 2.75) is 13.5 Å². The second-order valence-electron chi connectivity index (χ2n) is 6.09. The van der Waals surface area contributed by atoms with Crippen molar-refractivity contribution in [3.63, 3.8) is 0 Å². The molecule has 5 heteroatoms.